The van der Waals surface area contributed by atoms with Crippen LogP contribution in [-0.4, -0.2) is 24.9 Å². The molecule has 0 spiro atoms. The summed E-state index contributed by atoms with van der Waals surface area (Å²) in [7, 11) is 0. The highest BCUT2D eigenvalue weighted by Gasteiger charge is 2.21. The van der Waals surface area contributed by atoms with Crippen LogP contribution in [0, 0.1) is 0 Å². The zero-order chi connectivity index (χ0) is 37.5. The Balaban J connectivity index is 1.04. The number of nitrogens with zero attached hydrogens (tertiary/aromatic N) is 5. The fraction of sp³-hybridized carbons (Fsp3) is 0. The lowest BCUT2D eigenvalue weighted by Gasteiger charge is -2.09. The summed E-state index contributed by atoms with van der Waals surface area (Å²) in [4.78, 5) is 26.0. The lowest BCUT2D eigenvalue weighted by molar-refractivity contribution is 1.08. The van der Waals surface area contributed by atoms with E-state index in [9.17, 15) is 0 Å². The van der Waals surface area contributed by atoms with Gasteiger partial charge >= 0.3 is 0 Å². The van der Waals surface area contributed by atoms with Gasteiger partial charge in [0.05, 0.1) is 15.9 Å². The molecule has 0 aliphatic heterocycles. The molecule has 0 atom stereocenters. The molecule has 7 aromatic carbocycles. The maximum Gasteiger partial charge on any atom is 0.165 e. The standard InChI is InChI=1S/C49H27N5S3/c1-3-13-28(14-4-1)41-45-42(34-18-8-10-24-39(34)57-45)51-48(50-41)35-21-12-20-33-37-27-30(25-26-40(37)56-44(33)35)47-52-46(29-15-5-2-6-16-29)53-49(54-47)36-22-11-19-32-31-17-7-9-23-38(31)55-43(32)36/h1-27H. The van der Waals surface area contributed by atoms with Crippen LogP contribution in [0.3, 0.4) is 0 Å². The molecule has 5 aromatic heterocycles. The molecule has 0 aliphatic rings. The first-order valence-corrected chi connectivity index (χ1v) is 21.1. The summed E-state index contributed by atoms with van der Waals surface area (Å²) in [6.07, 6.45) is 0. The average molecular weight is 782 g/mol. The molecule has 0 fully saturated rings. The smallest absolute Gasteiger partial charge is 0.165 e. The van der Waals surface area contributed by atoms with Crippen molar-refractivity contribution in [3.63, 3.8) is 0 Å². The van der Waals surface area contributed by atoms with Crippen LogP contribution in [0.2, 0.25) is 0 Å². The fourth-order valence-electron chi connectivity index (χ4n) is 7.88. The molecule has 57 heavy (non-hydrogen) atoms. The van der Waals surface area contributed by atoms with E-state index < -0.39 is 0 Å². The Morgan fingerprint density at radius 3 is 1.53 bits per heavy atom. The van der Waals surface area contributed by atoms with E-state index in [4.69, 9.17) is 24.9 Å². The Morgan fingerprint density at radius 1 is 0.298 bits per heavy atom. The monoisotopic (exact) mass is 781 g/mol. The van der Waals surface area contributed by atoms with Crippen LogP contribution in [0.4, 0.5) is 0 Å². The quantitative estimate of drug-likeness (QED) is 0.174. The molecule has 12 aromatic rings. The van der Waals surface area contributed by atoms with Gasteiger partial charge in [-0.05, 0) is 42.5 Å². The molecule has 0 saturated carbocycles. The number of hydrogen-bond acceptors (Lipinski definition) is 8. The summed E-state index contributed by atoms with van der Waals surface area (Å²) >= 11 is 5.31. The van der Waals surface area contributed by atoms with Crippen LogP contribution in [0.5, 0.6) is 0 Å². The molecule has 0 unspecified atom stereocenters. The summed E-state index contributed by atoms with van der Waals surface area (Å²) in [5.74, 6) is 2.68. The minimum atomic E-state index is 0.639. The van der Waals surface area contributed by atoms with E-state index in [0.717, 1.165) is 70.4 Å². The van der Waals surface area contributed by atoms with Crippen LogP contribution in [-0.2, 0) is 0 Å². The van der Waals surface area contributed by atoms with Gasteiger partial charge in [-0.2, -0.15) is 0 Å². The van der Waals surface area contributed by atoms with Crippen molar-refractivity contribution in [3.8, 4) is 56.8 Å². The first-order chi connectivity index (χ1) is 28.2. The molecule has 0 saturated heterocycles. The summed E-state index contributed by atoms with van der Waals surface area (Å²) < 4.78 is 7.07. The van der Waals surface area contributed by atoms with E-state index in [1.54, 1.807) is 34.0 Å². The highest BCUT2D eigenvalue weighted by atomic mass is 32.1. The third-order valence-corrected chi connectivity index (χ3v) is 14.2. The lowest BCUT2D eigenvalue weighted by Crippen LogP contribution is -2.00. The van der Waals surface area contributed by atoms with Crippen molar-refractivity contribution >= 4 is 94.7 Å². The first-order valence-electron chi connectivity index (χ1n) is 18.7. The third kappa shape index (κ3) is 5.29. The summed E-state index contributed by atoms with van der Waals surface area (Å²) in [6.45, 7) is 0. The van der Waals surface area contributed by atoms with Gasteiger partial charge in [-0.15, -0.1) is 34.0 Å². The third-order valence-electron chi connectivity index (χ3n) is 10.6. The molecule has 0 aliphatic carbocycles. The van der Waals surface area contributed by atoms with Crippen molar-refractivity contribution in [1.29, 1.82) is 0 Å². The van der Waals surface area contributed by atoms with Gasteiger partial charge in [0.1, 0.15) is 0 Å². The van der Waals surface area contributed by atoms with Crippen LogP contribution in [0.1, 0.15) is 0 Å². The molecule has 8 heteroatoms. The summed E-state index contributed by atoms with van der Waals surface area (Å²) in [5, 5.41) is 5.92. The van der Waals surface area contributed by atoms with E-state index in [0.29, 0.717) is 17.5 Å². The van der Waals surface area contributed by atoms with Crippen molar-refractivity contribution in [2.75, 3.05) is 0 Å². The second kappa shape index (κ2) is 12.9. The number of thiophene rings is 3. The summed E-state index contributed by atoms with van der Waals surface area (Å²) in [5.41, 5.74) is 6.95. The molecular formula is C49H27N5S3. The summed E-state index contributed by atoms with van der Waals surface area (Å²) in [6, 6.07) is 57.2. The zero-order valence-electron chi connectivity index (χ0n) is 30.0. The Kier molecular flexibility index (Phi) is 7.38. The zero-order valence-corrected chi connectivity index (χ0v) is 32.5. The molecule has 5 nitrogen and oxygen atoms in total. The van der Waals surface area contributed by atoms with Gasteiger partial charge in [0.25, 0.3) is 0 Å². The van der Waals surface area contributed by atoms with Crippen LogP contribution in [0.25, 0.3) is 117 Å². The van der Waals surface area contributed by atoms with E-state index in [2.05, 4.69) is 140 Å². The topological polar surface area (TPSA) is 64.5 Å². The number of benzene rings is 7. The largest absolute Gasteiger partial charge is 0.226 e. The van der Waals surface area contributed by atoms with E-state index >= 15 is 0 Å². The van der Waals surface area contributed by atoms with Gasteiger partial charge < -0.3 is 0 Å². The van der Waals surface area contributed by atoms with Crippen molar-refractivity contribution in [2.45, 2.75) is 0 Å². The minimum absolute atomic E-state index is 0.639. The minimum Gasteiger partial charge on any atom is -0.226 e. The maximum absolute atomic E-state index is 5.31. The molecule has 12 rings (SSSR count). The Morgan fingerprint density at radius 2 is 0.807 bits per heavy atom. The van der Waals surface area contributed by atoms with Gasteiger partial charge in [0.15, 0.2) is 23.3 Å². The number of aromatic nitrogens is 5. The predicted molar refractivity (Wildman–Crippen MR) is 241 cm³/mol. The van der Waals surface area contributed by atoms with Gasteiger partial charge in [-0.3, -0.25) is 0 Å². The Bertz CT molecular complexity index is 3530. The maximum atomic E-state index is 5.31. The number of hydrogen-bond donors (Lipinski definition) is 0. The highest BCUT2D eigenvalue weighted by Crippen LogP contribution is 2.44. The second-order valence-electron chi connectivity index (χ2n) is 14.0. The molecule has 0 radical (unpaired) electrons. The Labute approximate surface area is 338 Å². The van der Waals surface area contributed by atoms with Gasteiger partial charge in [0.2, 0.25) is 0 Å². The van der Waals surface area contributed by atoms with E-state index in [1.165, 1.54) is 29.6 Å². The lowest BCUT2D eigenvalue weighted by atomic mass is 10.1. The number of fused-ring (bicyclic) bond motifs is 9. The molecule has 5 heterocycles. The van der Waals surface area contributed by atoms with Crippen molar-refractivity contribution in [1.82, 2.24) is 24.9 Å². The SMILES string of the molecule is c1ccc(-c2nc(-c3ccc4sc5c(-c6nc(-c7ccccc7)c7sc8ccccc8c7n6)cccc5c4c3)nc(-c3cccc4c3sc3ccccc34)n2)cc1. The van der Waals surface area contributed by atoms with Crippen molar-refractivity contribution < 1.29 is 0 Å². The van der Waals surface area contributed by atoms with Crippen molar-refractivity contribution in [3.05, 3.63) is 164 Å². The predicted octanol–water partition coefficient (Wildman–Crippen LogP) is 14.1. The van der Waals surface area contributed by atoms with E-state index in [-0.39, 0.29) is 0 Å². The highest BCUT2D eigenvalue weighted by molar-refractivity contribution is 7.27. The molecule has 0 amide bonds. The normalized spacial score (nSPS) is 11.9. The van der Waals surface area contributed by atoms with Gasteiger partial charge in [-0.25, -0.2) is 24.9 Å². The van der Waals surface area contributed by atoms with Crippen LogP contribution >= 0.6 is 34.0 Å². The fourth-order valence-corrected chi connectivity index (χ4v) is 11.4. The molecular weight excluding hydrogens is 755 g/mol. The Hall–Kier alpha value is -6.71. The van der Waals surface area contributed by atoms with Crippen LogP contribution in [0.15, 0.2) is 164 Å². The molecule has 266 valence electrons. The van der Waals surface area contributed by atoms with Crippen LogP contribution < -0.4 is 0 Å². The first kappa shape index (κ1) is 32.5. The number of rotatable bonds is 5. The van der Waals surface area contributed by atoms with Gasteiger partial charge in [-0.1, -0.05) is 121 Å². The van der Waals surface area contributed by atoms with Crippen molar-refractivity contribution in [2.24, 2.45) is 0 Å². The molecule has 0 N–H and O–H groups in total. The second-order valence-corrected chi connectivity index (χ2v) is 17.1. The van der Waals surface area contributed by atoms with Gasteiger partial charge in [0, 0.05) is 78.2 Å². The molecule has 0 bridgehead atoms. The average Bonchev–Trinajstić information content (AvgIpc) is 3.98. The van der Waals surface area contributed by atoms with E-state index in [1.807, 2.05) is 24.3 Å².